The number of amides is 1. The van der Waals surface area contributed by atoms with Gasteiger partial charge in [-0.15, -0.1) is 11.3 Å². The molecule has 0 unspecified atom stereocenters. The lowest BCUT2D eigenvalue weighted by atomic mass is 10.3. The number of hydrogen-bond acceptors (Lipinski definition) is 3. The first-order valence-electron chi connectivity index (χ1n) is 4.76. The summed E-state index contributed by atoms with van der Waals surface area (Å²) < 4.78 is 0.992. The third-order valence-corrected chi connectivity index (χ3v) is 4.23. The van der Waals surface area contributed by atoms with Gasteiger partial charge in [0, 0.05) is 13.1 Å². The largest absolute Gasteiger partial charge is 0.395 e. The van der Waals surface area contributed by atoms with Crippen LogP contribution < -0.4 is 0 Å². The Hall–Kier alpha value is -0.390. The summed E-state index contributed by atoms with van der Waals surface area (Å²) >= 11 is 4.83. The van der Waals surface area contributed by atoms with E-state index in [1.54, 1.807) is 4.90 Å². The van der Waals surface area contributed by atoms with Gasteiger partial charge < -0.3 is 10.0 Å². The van der Waals surface area contributed by atoms with Crippen LogP contribution in [0.2, 0.25) is 0 Å². The van der Waals surface area contributed by atoms with E-state index in [1.165, 1.54) is 11.3 Å². The van der Waals surface area contributed by atoms with Crippen LogP contribution in [0.5, 0.6) is 0 Å². The number of hydrogen-bond donors (Lipinski definition) is 1. The predicted octanol–water partition coefficient (Wildman–Crippen LogP) is 2.27. The minimum absolute atomic E-state index is 0.00507. The van der Waals surface area contributed by atoms with Gasteiger partial charge in [0.2, 0.25) is 0 Å². The average molecular weight is 292 g/mol. The van der Waals surface area contributed by atoms with E-state index < -0.39 is 0 Å². The van der Waals surface area contributed by atoms with Gasteiger partial charge in [0.05, 0.1) is 15.3 Å². The highest BCUT2D eigenvalue weighted by Crippen LogP contribution is 2.28. The maximum Gasteiger partial charge on any atom is 0.264 e. The van der Waals surface area contributed by atoms with Crippen LogP contribution in [0, 0.1) is 6.92 Å². The summed E-state index contributed by atoms with van der Waals surface area (Å²) in [6.45, 7) is 4.88. The van der Waals surface area contributed by atoms with E-state index in [0.29, 0.717) is 13.1 Å². The Morgan fingerprint density at radius 2 is 2.33 bits per heavy atom. The molecule has 1 aromatic rings. The molecule has 0 aliphatic carbocycles. The van der Waals surface area contributed by atoms with Crippen LogP contribution in [-0.2, 0) is 0 Å². The predicted molar refractivity (Wildman–Crippen MR) is 65.4 cm³/mol. The molecular weight excluding hydrogens is 278 g/mol. The van der Waals surface area contributed by atoms with Gasteiger partial charge in [0.25, 0.3) is 5.91 Å². The Kier molecular flexibility index (Phi) is 4.76. The first kappa shape index (κ1) is 12.7. The van der Waals surface area contributed by atoms with Crippen LogP contribution in [0.3, 0.4) is 0 Å². The summed E-state index contributed by atoms with van der Waals surface area (Å²) in [6, 6.07) is 1.87. The van der Waals surface area contributed by atoms with E-state index in [9.17, 15) is 4.79 Å². The fourth-order valence-corrected chi connectivity index (χ4v) is 2.75. The van der Waals surface area contributed by atoms with Gasteiger partial charge in [-0.2, -0.15) is 0 Å². The fourth-order valence-electron chi connectivity index (χ4n) is 1.25. The quantitative estimate of drug-likeness (QED) is 0.925. The lowest BCUT2D eigenvalue weighted by molar-refractivity contribution is 0.0737. The lowest BCUT2D eigenvalue weighted by Crippen LogP contribution is -2.32. The summed E-state index contributed by atoms with van der Waals surface area (Å²) in [5.41, 5.74) is 1.07. The lowest BCUT2D eigenvalue weighted by Gasteiger charge is -2.18. The van der Waals surface area contributed by atoms with Crippen molar-refractivity contribution in [1.29, 1.82) is 0 Å². The molecule has 0 aliphatic rings. The van der Waals surface area contributed by atoms with Crippen molar-refractivity contribution in [3.63, 3.8) is 0 Å². The van der Waals surface area contributed by atoms with Crippen LogP contribution in [0.1, 0.15) is 22.2 Å². The second kappa shape index (κ2) is 5.63. The van der Waals surface area contributed by atoms with Crippen molar-refractivity contribution in [3.05, 3.63) is 20.3 Å². The number of rotatable bonds is 4. The second-order valence-electron chi connectivity index (χ2n) is 3.18. The van der Waals surface area contributed by atoms with E-state index >= 15 is 0 Å². The Morgan fingerprint density at radius 3 is 2.73 bits per heavy atom. The first-order valence-corrected chi connectivity index (χ1v) is 6.37. The zero-order chi connectivity index (χ0) is 11.4. The molecule has 0 spiro atoms. The number of aliphatic hydroxyl groups is 1. The van der Waals surface area contributed by atoms with Gasteiger partial charge in [0.15, 0.2) is 0 Å². The van der Waals surface area contributed by atoms with Crippen molar-refractivity contribution in [2.24, 2.45) is 0 Å². The third kappa shape index (κ3) is 3.03. The van der Waals surface area contributed by atoms with E-state index in [-0.39, 0.29) is 12.5 Å². The summed E-state index contributed by atoms with van der Waals surface area (Å²) in [5.74, 6) is -0.00894. The summed E-state index contributed by atoms with van der Waals surface area (Å²) in [6.07, 6.45) is 0. The Bertz CT molecular complexity index is 332. The zero-order valence-corrected chi connectivity index (χ0v) is 11.2. The first-order chi connectivity index (χ1) is 7.10. The number of carbonyl (C=O) groups excluding carboxylic acids is 1. The number of halogens is 1. The molecule has 0 bridgehead atoms. The maximum absolute atomic E-state index is 11.9. The molecule has 0 radical (unpaired) electrons. The zero-order valence-electron chi connectivity index (χ0n) is 8.79. The molecule has 0 saturated carbocycles. The maximum atomic E-state index is 11.9. The van der Waals surface area contributed by atoms with Crippen molar-refractivity contribution in [2.75, 3.05) is 19.7 Å². The number of thiophene rings is 1. The standard InChI is InChI=1S/C10H14BrNO2S/c1-3-12(4-5-13)10(14)8-6-7(2)9(11)15-8/h6,13H,3-5H2,1-2H3. The van der Waals surface area contributed by atoms with Crippen LogP contribution in [0.25, 0.3) is 0 Å². The van der Waals surface area contributed by atoms with Crippen molar-refractivity contribution in [3.8, 4) is 0 Å². The van der Waals surface area contributed by atoms with Crippen molar-refractivity contribution in [1.82, 2.24) is 4.90 Å². The fraction of sp³-hybridized carbons (Fsp3) is 0.500. The number of aliphatic hydroxyl groups excluding tert-OH is 1. The van der Waals surface area contributed by atoms with Gasteiger partial charge in [0.1, 0.15) is 0 Å². The van der Waals surface area contributed by atoms with Gasteiger partial charge in [-0.25, -0.2) is 0 Å². The normalized spacial score (nSPS) is 10.4. The molecule has 0 saturated heterocycles. The topological polar surface area (TPSA) is 40.5 Å². The third-order valence-electron chi connectivity index (χ3n) is 2.11. The van der Waals surface area contributed by atoms with Crippen molar-refractivity contribution < 1.29 is 9.90 Å². The van der Waals surface area contributed by atoms with Gasteiger partial charge in [-0.1, -0.05) is 0 Å². The monoisotopic (exact) mass is 291 g/mol. The van der Waals surface area contributed by atoms with Crippen LogP contribution in [0.4, 0.5) is 0 Å². The molecule has 3 nitrogen and oxygen atoms in total. The molecule has 0 aromatic carbocycles. The minimum atomic E-state index is -0.00894. The van der Waals surface area contributed by atoms with Crippen LogP contribution >= 0.6 is 27.3 Å². The van der Waals surface area contributed by atoms with E-state index in [2.05, 4.69) is 15.9 Å². The number of carbonyl (C=O) groups is 1. The molecule has 1 N–H and O–H groups in total. The SMILES string of the molecule is CCN(CCO)C(=O)c1cc(C)c(Br)s1. The molecule has 5 heteroatoms. The smallest absolute Gasteiger partial charge is 0.264 e. The van der Waals surface area contributed by atoms with Gasteiger partial charge in [-0.3, -0.25) is 4.79 Å². The number of nitrogens with zero attached hydrogens (tertiary/aromatic N) is 1. The molecule has 1 aromatic heterocycles. The van der Waals surface area contributed by atoms with Crippen LogP contribution in [0.15, 0.2) is 9.85 Å². The van der Waals surface area contributed by atoms with Crippen molar-refractivity contribution in [2.45, 2.75) is 13.8 Å². The molecule has 1 amide bonds. The molecule has 0 aliphatic heterocycles. The molecule has 0 atom stereocenters. The summed E-state index contributed by atoms with van der Waals surface area (Å²) in [4.78, 5) is 14.3. The van der Waals surface area contributed by atoms with E-state index in [4.69, 9.17) is 5.11 Å². The Morgan fingerprint density at radius 1 is 1.67 bits per heavy atom. The highest BCUT2D eigenvalue weighted by atomic mass is 79.9. The molecular formula is C10H14BrNO2S. The minimum Gasteiger partial charge on any atom is -0.395 e. The summed E-state index contributed by atoms with van der Waals surface area (Å²) in [7, 11) is 0. The van der Waals surface area contributed by atoms with Crippen LogP contribution in [-0.4, -0.2) is 35.6 Å². The average Bonchev–Trinajstić information content (AvgIpc) is 2.55. The number of aryl methyl sites for hydroxylation is 1. The molecule has 84 valence electrons. The summed E-state index contributed by atoms with van der Waals surface area (Å²) in [5, 5.41) is 8.82. The Labute approximate surface area is 102 Å². The second-order valence-corrected chi connectivity index (χ2v) is 5.55. The Balaban J connectivity index is 2.82. The molecule has 15 heavy (non-hydrogen) atoms. The highest BCUT2D eigenvalue weighted by molar-refractivity contribution is 9.11. The van der Waals surface area contributed by atoms with Crippen molar-refractivity contribution >= 4 is 33.2 Å². The molecule has 1 rings (SSSR count). The molecule has 1 heterocycles. The van der Waals surface area contributed by atoms with E-state index in [1.807, 2.05) is 19.9 Å². The van der Waals surface area contributed by atoms with Gasteiger partial charge >= 0.3 is 0 Å². The highest BCUT2D eigenvalue weighted by Gasteiger charge is 2.16. The molecule has 0 fully saturated rings. The van der Waals surface area contributed by atoms with E-state index in [0.717, 1.165) is 14.2 Å². The van der Waals surface area contributed by atoms with Gasteiger partial charge in [-0.05, 0) is 41.4 Å². The number of likely N-dealkylation sites (N-methyl/N-ethyl adjacent to an activating group) is 1.